The van der Waals surface area contributed by atoms with E-state index in [2.05, 4.69) is 22.5 Å². The number of nitrogens with zero attached hydrogens (tertiary/aromatic N) is 2. The Morgan fingerprint density at radius 3 is 2.81 bits per heavy atom. The van der Waals surface area contributed by atoms with Gasteiger partial charge in [-0.15, -0.1) is 6.58 Å². The molecule has 2 bridgehead atoms. The Hall–Kier alpha value is -3.18. The van der Waals surface area contributed by atoms with Gasteiger partial charge in [-0.3, -0.25) is 9.88 Å². The molecule has 5 nitrogen and oxygen atoms in total. The van der Waals surface area contributed by atoms with E-state index in [0.29, 0.717) is 17.4 Å². The number of hydrogen-bond donors (Lipinski definition) is 1. The van der Waals surface area contributed by atoms with Crippen LogP contribution >= 0.6 is 0 Å². The standard InChI is InChI=1S/C26H26N2O3/c1-2-17-16-28-13-11-19(17)14-24(28)25(31-26(30)18-6-4-3-5-7-18)21-10-12-27-23-9-8-20(29)15-22(21)23/h2-10,12,15,17,19,24-25,29H,1,11,13-14,16H2. The number of rotatable bonds is 5. The first-order chi connectivity index (χ1) is 15.1. The van der Waals surface area contributed by atoms with Gasteiger partial charge < -0.3 is 9.84 Å². The lowest BCUT2D eigenvalue weighted by Gasteiger charge is -2.51. The van der Waals surface area contributed by atoms with E-state index >= 15 is 0 Å². The number of phenolic OH excluding ortho intramolecular Hbond substituents is 1. The maximum atomic E-state index is 13.1. The van der Waals surface area contributed by atoms with Crippen LogP contribution in [0.25, 0.3) is 10.9 Å². The van der Waals surface area contributed by atoms with Crippen LogP contribution in [0, 0.1) is 11.8 Å². The zero-order valence-electron chi connectivity index (χ0n) is 17.4. The number of pyridine rings is 1. The Balaban J connectivity index is 1.56. The molecule has 5 heteroatoms. The fourth-order valence-corrected chi connectivity index (χ4v) is 5.20. The van der Waals surface area contributed by atoms with Crippen LogP contribution in [0.4, 0.5) is 0 Å². The van der Waals surface area contributed by atoms with Crippen LogP contribution in [0.1, 0.15) is 34.9 Å². The third-order valence-corrected chi connectivity index (χ3v) is 6.81. The molecule has 4 heterocycles. The zero-order chi connectivity index (χ0) is 21.4. The van der Waals surface area contributed by atoms with E-state index in [9.17, 15) is 9.90 Å². The van der Waals surface area contributed by atoms with Gasteiger partial charge in [0.05, 0.1) is 17.1 Å². The predicted octanol–water partition coefficient (Wildman–Crippen LogP) is 4.73. The van der Waals surface area contributed by atoms with Gasteiger partial charge in [-0.1, -0.05) is 24.3 Å². The lowest BCUT2D eigenvalue weighted by molar-refractivity contribution is -0.0568. The van der Waals surface area contributed by atoms with Gasteiger partial charge in [0.2, 0.25) is 0 Å². The van der Waals surface area contributed by atoms with Gasteiger partial charge in [0.1, 0.15) is 11.9 Å². The summed E-state index contributed by atoms with van der Waals surface area (Å²) < 4.78 is 6.22. The van der Waals surface area contributed by atoms with E-state index in [1.165, 1.54) is 0 Å². The van der Waals surface area contributed by atoms with Crippen molar-refractivity contribution in [1.29, 1.82) is 0 Å². The molecule has 0 amide bonds. The van der Waals surface area contributed by atoms with Crippen LogP contribution in [-0.4, -0.2) is 40.1 Å². The summed E-state index contributed by atoms with van der Waals surface area (Å²) in [5.74, 6) is 0.867. The molecular weight excluding hydrogens is 388 g/mol. The fraction of sp³-hybridized carbons (Fsp3) is 0.308. The minimum Gasteiger partial charge on any atom is -0.508 e. The van der Waals surface area contributed by atoms with E-state index in [0.717, 1.165) is 42.4 Å². The molecule has 1 aromatic heterocycles. The Morgan fingerprint density at radius 1 is 1.23 bits per heavy atom. The molecule has 2 aromatic carbocycles. The Bertz CT molecular complexity index is 1110. The smallest absolute Gasteiger partial charge is 0.338 e. The fourth-order valence-electron chi connectivity index (χ4n) is 5.20. The Morgan fingerprint density at radius 2 is 2.06 bits per heavy atom. The third-order valence-electron chi connectivity index (χ3n) is 6.81. The number of hydrogen-bond acceptors (Lipinski definition) is 5. The summed E-state index contributed by atoms with van der Waals surface area (Å²) in [6.07, 6.45) is 5.46. The van der Waals surface area contributed by atoms with Gasteiger partial charge in [-0.05, 0) is 67.6 Å². The summed E-state index contributed by atoms with van der Waals surface area (Å²) in [5, 5.41) is 10.9. The van der Waals surface area contributed by atoms with Gasteiger partial charge >= 0.3 is 5.97 Å². The molecular formula is C26H26N2O3. The highest BCUT2D eigenvalue weighted by Crippen LogP contribution is 2.43. The summed E-state index contributed by atoms with van der Waals surface area (Å²) in [6, 6.07) is 16.2. The van der Waals surface area contributed by atoms with Crippen LogP contribution in [0.15, 0.2) is 73.4 Å². The monoisotopic (exact) mass is 414 g/mol. The quantitative estimate of drug-likeness (QED) is 0.483. The second kappa shape index (κ2) is 8.16. The van der Waals surface area contributed by atoms with Crippen molar-refractivity contribution >= 4 is 16.9 Å². The highest BCUT2D eigenvalue weighted by molar-refractivity contribution is 5.90. The number of esters is 1. The molecule has 5 unspecified atom stereocenters. The molecule has 3 aliphatic rings. The second-order valence-electron chi connectivity index (χ2n) is 8.54. The number of aromatic hydroxyl groups is 1. The highest BCUT2D eigenvalue weighted by Gasteiger charge is 2.44. The normalized spacial score (nSPS) is 25.8. The molecule has 3 fully saturated rings. The van der Waals surface area contributed by atoms with E-state index in [-0.39, 0.29) is 17.8 Å². The zero-order valence-corrected chi connectivity index (χ0v) is 17.4. The first-order valence-corrected chi connectivity index (χ1v) is 10.8. The van der Waals surface area contributed by atoms with Crippen molar-refractivity contribution in [3.05, 3.63) is 84.6 Å². The number of carbonyl (C=O) groups is 1. The topological polar surface area (TPSA) is 62.7 Å². The number of ether oxygens (including phenoxy) is 1. The summed E-state index contributed by atoms with van der Waals surface area (Å²) in [7, 11) is 0. The van der Waals surface area contributed by atoms with Crippen LogP contribution in [0.2, 0.25) is 0 Å². The number of carbonyl (C=O) groups excluding carboxylic acids is 1. The maximum Gasteiger partial charge on any atom is 0.338 e. The minimum absolute atomic E-state index is 0.0792. The van der Waals surface area contributed by atoms with Crippen LogP contribution in [0.3, 0.4) is 0 Å². The second-order valence-corrected chi connectivity index (χ2v) is 8.54. The molecule has 1 N–H and O–H groups in total. The van der Waals surface area contributed by atoms with Crippen molar-refractivity contribution in [1.82, 2.24) is 9.88 Å². The van der Waals surface area contributed by atoms with Gasteiger partial charge in [0, 0.05) is 23.7 Å². The average molecular weight is 415 g/mol. The molecule has 0 saturated carbocycles. The van der Waals surface area contributed by atoms with Crippen LogP contribution in [0.5, 0.6) is 5.75 Å². The SMILES string of the molecule is C=CC1CN2CCC1CC2C(OC(=O)c1ccccc1)c1ccnc2ccc(O)cc12. The number of phenols is 1. The van der Waals surface area contributed by atoms with Crippen molar-refractivity contribution in [3.63, 3.8) is 0 Å². The number of aromatic nitrogens is 1. The summed E-state index contributed by atoms with van der Waals surface area (Å²) in [4.78, 5) is 20.0. The van der Waals surface area contributed by atoms with E-state index in [4.69, 9.17) is 4.74 Å². The van der Waals surface area contributed by atoms with Gasteiger partial charge in [0.15, 0.2) is 0 Å². The van der Waals surface area contributed by atoms with E-state index < -0.39 is 6.10 Å². The Kier molecular flexibility index (Phi) is 5.20. The molecule has 6 rings (SSSR count). The third kappa shape index (κ3) is 3.70. The number of piperidine rings is 3. The number of benzene rings is 2. The molecule has 31 heavy (non-hydrogen) atoms. The molecule has 3 saturated heterocycles. The van der Waals surface area contributed by atoms with Crippen molar-refractivity contribution in [2.45, 2.75) is 25.0 Å². The highest BCUT2D eigenvalue weighted by atomic mass is 16.5. The van der Waals surface area contributed by atoms with Gasteiger partial charge in [0.25, 0.3) is 0 Å². The van der Waals surface area contributed by atoms with E-state index in [1.807, 2.05) is 24.3 Å². The first kappa shape index (κ1) is 19.8. The average Bonchev–Trinajstić information content (AvgIpc) is 2.83. The lowest BCUT2D eigenvalue weighted by Crippen LogP contribution is -2.55. The molecule has 0 aliphatic carbocycles. The molecule has 5 atom stereocenters. The summed E-state index contributed by atoms with van der Waals surface area (Å²) in [5.41, 5.74) is 2.20. The maximum absolute atomic E-state index is 13.1. The van der Waals surface area contributed by atoms with Crippen molar-refractivity contribution in [2.75, 3.05) is 13.1 Å². The largest absolute Gasteiger partial charge is 0.508 e. The summed E-state index contributed by atoms with van der Waals surface area (Å²) in [6.45, 7) is 5.95. The van der Waals surface area contributed by atoms with Crippen molar-refractivity contribution in [3.8, 4) is 5.75 Å². The Labute approximate surface area is 182 Å². The van der Waals surface area contributed by atoms with Crippen molar-refractivity contribution < 1.29 is 14.6 Å². The van der Waals surface area contributed by atoms with E-state index in [1.54, 1.807) is 36.5 Å². The van der Waals surface area contributed by atoms with Gasteiger partial charge in [-0.2, -0.15) is 0 Å². The summed E-state index contributed by atoms with van der Waals surface area (Å²) >= 11 is 0. The predicted molar refractivity (Wildman–Crippen MR) is 120 cm³/mol. The lowest BCUT2D eigenvalue weighted by atomic mass is 9.73. The minimum atomic E-state index is -0.450. The van der Waals surface area contributed by atoms with Crippen LogP contribution in [-0.2, 0) is 4.74 Å². The molecule has 0 spiro atoms. The number of fused-ring (bicyclic) bond motifs is 4. The van der Waals surface area contributed by atoms with Crippen LogP contribution < -0.4 is 0 Å². The molecule has 158 valence electrons. The molecule has 3 aromatic rings. The molecule has 0 radical (unpaired) electrons. The van der Waals surface area contributed by atoms with Gasteiger partial charge in [-0.25, -0.2) is 4.79 Å². The molecule has 3 aliphatic heterocycles. The first-order valence-electron chi connectivity index (χ1n) is 10.8. The van der Waals surface area contributed by atoms with Crippen molar-refractivity contribution in [2.24, 2.45) is 11.8 Å².